The van der Waals surface area contributed by atoms with E-state index in [1.165, 1.54) is 12.1 Å². The molecule has 0 aliphatic carbocycles. The first-order valence-electron chi connectivity index (χ1n) is 5.84. The van der Waals surface area contributed by atoms with Gasteiger partial charge in [0.25, 0.3) is 0 Å². The molecular formula is C14H16FN3. The van der Waals surface area contributed by atoms with Gasteiger partial charge in [0.15, 0.2) is 5.82 Å². The van der Waals surface area contributed by atoms with Gasteiger partial charge in [-0.25, -0.2) is 14.4 Å². The topological polar surface area (TPSA) is 51.8 Å². The molecule has 0 saturated carbocycles. The molecule has 0 amide bonds. The van der Waals surface area contributed by atoms with Gasteiger partial charge in [-0.05, 0) is 44.5 Å². The van der Waals surface area contributed by atoms with E-state index in [0.29, 0.717) is 11.4 Å². The van der Waals surface area contributed by atoms with Gasteiger partial charge < -0.3 is 5.73 Å². The molecule has 3 nitrogen and oxygen atoms in total. The van der Waals surface area contributed by atoms with Gasteiger partial charge in [0.2, 0.25) is 0 Å². The van der Waals surface area contributed by atoms with Crippen molar-refractivity contribution in [2.24, 2.45) is 5.73 Å². The van der Waals surface area contributed by atoms with Crippen LogP contribution in [0.25, 0.3) is 11.4 Å². The minimum atomic E-state index is -0.275. The smallest absolute Gasteiger partial charge is 0.159 e. The summed E-state index contributed by atoms with van der Waals surface area (Å²) in [5.41, 5.74) is 9.09. The number of rotatable bonds is 2. The van der Waals surface area contributed by atoms with Crippen LogP contribution in [-0.2, 0) is 0 Å². The van der Waals surface area contributed by atoms with E-state index < -0.39 is 0 Å². The van der Waals surface area contributed by atoms with Crippen molar-refractivity contribution in [3.05, 3.63) is 47.0 Å². The molecule has 4 heteroatoms. The first kappa shape index (κ1) is 12.6. The second kappa shape index (κ2) is 4.82. The highest BCUT2D eigenvalue weighted by atomic mass is 19.1. The Morgan fingerprint density at radius 2 is 1.94 bits per heavy atom. The fourth-order valence-electron chi connectivity index (χ4n) is 1.93. The predicted molar refractivity (Wildman–Crippen MR) is 69.5 cm³/mol. The van der Waals surface area contributed by atoms with E-state index in [1.54, 1.807) is 6.20 Å². The van der Waals surface area contributed by atoms with Crippen LogP contribution >= 0.6 is 0 Å². The predicted octanol–water partition coefficient (Wildman–Crippen LogP) is 2.92. The third-order valence-corrected chi connectivity index (χ3v) is 2.81. The van der Waals surface area contributed by atoms with Crippen LogP contribution in [0, 0.1) is 19.7 Å². The molecule has 2 N–H and O–H groups in total. The zero-order valence-electron chi connectivity index (χ0n) is 10.7. The molecule has 2 rings (SSSR count). The van der Waals surface area contributed by atoms with E-state index in [4.69, 9.17) is 5.73 Å². The van der Waals surface area contributed by atoms with Crippen LogP contribution in [0.4, 0.5) is 4.39 Å². The van der Waals surface area contributed by atoms with E-state index in [-0.39, 0.29) is 11.9 Å². The van der Waals surface area contributed by atoms with Crippen LogP contribution in [0.15, 0.2) is 24.4 Å². The highest BCUT2D eigenvalue weighted by Crippen LogP contribution is 2.20. The summed E-state index contributed by atoms with van der Waals surface area (Å²) in [6.07, 6.45) is 1.71. The maximum absolute atomic E-state index is 13.3. The number of benzene rings is 1. The van der Waals surface area contributed by atoms with Crippen molar-refractivity contribution in [3.8, 4) is 11.4 Å². The Morgan fingerprint density at radius 1 is 1.22 bits per heavy atom. The number of halogens is 1. The number of nitrogens with zero attached hydrogens (tertiary/aromatic N) is 2. The molecule has 0 radical (unpaired) electrons. The van der Waals surface area contributed by atoms with Gasteiger partial charge in [-0.15, -0.1) is 0 Å². The molecule has 94 valence electrons. The molecule has 0 spiro atoms. The standard InChI is InChI=1S/C14H16FN3/c1-8-4-11(6-12(15)5-8)14-17-7-13(9(2)16)10(3)18-14/h4-7,9H,16H2,1-3H3. The van der Waals surface area contributed by atoms with Crippen LogP contribution < -0.4 is 5.73 Å². The van der Waals surface area contributed by atoms with Crippen LogP contribution in [0.5, 0.6) is 0 Å². The number of nitrogens with two attached hydrogens (primary N) is 1. The average molecular weight is 245 g/mol. The van der Waals surface area contributed by atoms with Gasteiger partial charge in [0.1, 0.15) is 5.82 Å². The first-order chi connectivity index (χ1) is 8.47. The summed E-state index contributed by atoms with van der Waals surface area (Å²) < 4.78 is 13.3. The van der Waals surface area contributed by atoms with E-state index in [0.717, 1.165) is 16.8 Å². The van der Waals surface area contributed by atoms with Crippen LogP contribution in [0.3, 0.4) is 0 Å². The number of hydrogen-bond donors (Lipinski definition) is 1. The molecule has 0 aliphatic heterocycles. The molecule has 1 aromatic carbocycles. The molecule has 2 aromatic rings. The lowest BCUT2D eigenvalue weighted by atomic mass is 10.1. The van der Waals surface area contributed by atoms with Crippen molar-refractivity contribution in [1.29, 1.82) is 0 Å². The van der Waals surface area contributed by atoms with E-state index >= 15 is 0 Å². The largest absolute Gasteiger partial charge is 0.324 e. The minimum Gasteiger partial charge on any atom is -0.324 e. The maximum atomic E-state index is 13.3. The minimum absolute atomic E-state index is 0.103. The maximum Gasteiger partial charge on any atom is 0.159 e. The van der Waals surface area contributed by atoms with Gasteiger partial charge in [-0.2, -0.15) is 0 Å². The van der Waals surface area contributed by atoms with Crippen molar-refractivity contribution < 1.29 is 4.39 Å². The third-order valence-electron chi connectivity index (χ3n) is 2.81. The van der Waals surface area contributed by atoms with Crippen molar-refractivity contribution in [2.45, 2.75) is 26.8 Å². The molecule has 18 heavy (non-hydrogen) atoms. The highest BCUT2D eigenvalue weighted by Gasteiger charge is 2.09. The van der Waals surface area contributed by atoms with E-state index in [2.05, 4.69) is 9.97 Å². The van der Waals surface area contributed by atoms with Gasteiger partial charge in [0.05, 0.1) is 0 Å². The summed E-state index contributed by atoms with van der Waals surface area (Å²) >= 11 is 0. The average Bonchev–Trinajstić information content (AvgIpc) is 2.26. The van der Waals surface area contributed by atoms with Crippen LogP contribution in [-0.4, -0.2) is 9.97 Å². The molecule has 0 bridgehead atoms. The molecule has 1 aromatic heterocycles. The Labute approximate surface area is 106 Å². The monoisotopic (exact) mass is 245 g/mol. The van der Waals surface area contributed by atoms with Crippen LogP contribution in [0.1, 0.15) is 29.8 Å². The summed E-state index contributed by atoms with van der Waals surface area (Å²) in [6.45, 7) is 5.61. The van der Waals surface area contributed by atoms with Gasteiger partial charge in [0, 0.05) is 29.1 Å². The fourth-order valence-corrected chi connectivity index (χ4v) is 1.93. The molecule has 0 saturated heterocycles. The summed E-state index contributed by atoms with van der Waals surface area (Å²) in [4.78, 5) is 8.64. The Kier molecular flexibility index (Phi) is 3.39. The molecule has 1 unspecified atom stereocenters. The Balaban J connectivity index is 2.48. The lowest BCUT2D eigenvalue weighted by molar-refractivity contribution is 0.627. The Hall–Kier alpha value is -1.81. The summed E-state index contributed by atoms with van der Waals surface area (Å²) in [6, 6.07) is 4.68. The third kappa shape index (κ3) is 2.54. The van der Waals surface area contributed by atoms with Crippen molar-refractivity contribution in [1.82, 2.24) is 9.97 Å². The molecule has 1 atom stereocenters. The lowest BCUT2D eigenvalue weighted by Gasteiger charge is -2.10. The molecular weight excluding hydrogens is 229 g/mol. The normalized spacial score (nSPS) is 12.5. The van der Waals surface area contributed by atoms with E-state index in [1.807, 2.05) is 26.8 Å². The molecule has 1 heterocycles. The Morgan fingerprint density at radius 3 is 2.50 bits per heavy atom. The van der Waals surface area contributed by atoms with Crippen molar-refractivity contribution in [2.75, 3.05) is 0 Å². The first-order valence-corrected chi connectivity index (χ1v) is 5.84. The van der Waals surface area contributed by atoms with E-state index in [9.17, 15) is 4.39 Å². The van der Waals surface area contributed by atoms with Crippen LogP contribution in [0.2, 0.25) is 0 Å². The van der Waals surface area contributed by atoms with Gasteiger partial charge in [-0.3, -0.25) is 0 Å². The Bertz CT molecular complexity index is 559. The quantitative estimate of drug-likeness (QED) is 0.885. The highest BCUT2D eigenvalue weighted by molar-refractivity contribution is 5.56. The van der Waals surface area contributed by atoms with Crippen molar-refractivity contribution in [3.63, 3.8) is 0 Å². The summed E-state index contributed by atoms with van der Waals surface area (Å²) in [5.74, 6) is 0.252. The molecule has 0 fully saturated rings. The van der Waals surface area contributed by atoms with Crippen molar-refractivity contribution >= 4 is 0 Å². The lowest BCUT2D eigenvalue weighted by Crippen LogP contribution is -2.09. The fraction of sp³-hybridized carbons (Fsp3) is 0.286. The summed E-state index contributed by atoms with van der Waals surface area (Å²) in [5, 5.41) is 0. The van der Waals surface area contributed by atoms with Gasteiger partial charge >= 0.3 is 0 Å². The zero-order valence-corrected chi connectivity index (χ0v) is 10.7. The number of hydrogen-bond acceptors (Lipinski definition) is 3. The van der Waals surface area contributed by atoms with Gasteiger partial charge in [-0.1, -0.05) is 0 Å². The molecule has 0 aliphatic rings. The second-order valence-electron chi connectivity index (χ2n) is 4.54. The number of aryl methyl sites for hydroxylation is 2. The second-order valence-corrected chi connectivity index (χ2v) is 4.54. The number of aromatic nitrogens is 2. The SMILES string of the molecule is Cc1cc(F)cc(-c2ncc(C(C)N)c(C)n2)c1. The summed E-state index contributed by atoms with van der Waals surface area (Å²) in [7, 11) is 0. The zero-order chi connectivity index (χ0) is 13.3.